The number of Topliss-reactive ketones (excluding diaryl/α,β-unsaturated/α-hetero) is 1. The highest BCUT2D eigenvalue weighted by Gasteiger charge is 2.10. The molecular weight excluding hydrogens is 309 g/mol. The van der Waals surface area contributed by atoms with Crippen LogP contribution in [0.3, 0.4) is 0 Å². The molecule has 0 fully saturated rings. The second-order valence-electron chi connectivity index (χ2n) is 4.89. The van der Waals surface area contributed by atoms with Gasteiger partial charge in [0, 0.05) is 6.42 Å². The van der Waals surface area contributed by atoms with Crippen molar-refractivity contribution in [1.82, 2.24) is 4.98 Å². The van der Waals surface area contributed by atoms with Gasteiger partial charge in [-0.2, -0.15) is 0 Å². The molecule has 1 aromatic heterocycles. The Balaban J connectivity index is 2.07. The monoisotopic (exact) mass is 323 g/mol. The summed E-state index contributed by atoms with van der Waals surface area (Å²) in [6.07, 6.45) is 1.86. The number of hydrogen-bond donors (Lipinski definition) is 0. The van der Waals surface area contributed by atoms with Gasteiger partial charge < -0.3 is 4.74 Å². The number of nitrogens with zero attached hydrogens (tertiary/aromatic N) is 1. The molecule has 0 N–H and O–H groups in total. The van der Waals surface area contributed by atoms with Crippen LogP contribution in [0.4, 0.5) is 0 Å². The van der Waals surface area contributed by atoms with Gasteiger partial charge in [0.1, 0.15) is 11.4 Å². The topological polar surface area (TPSA) is 39.2 Å². The van der Waals surface area contributed by atoms with Crippen molar-refractivity contribution in [2.24, 2.45) is 0 Å². The fraction of sp³-hybridized carbons (Fsp3) is 0.250. The maximum absolute atomic E-state index is 12.2. The molecular formula is C16H15Cl2NO2. The average Bonchev–Trinajstić information content (AvgIpc) is 2.43. The van der Waals surface area contributed by atoms with E-state index in [2.05, 4.69) is 4.98 Å². The van der Waals surface area contributed by atoms with Gasteiger partial charge in [-0.15, -0.1) is 0 Å². The number of pyridine rings is 1. The molecule has 0 atom stereocenters. The molecule has 1 aromatic carbocycles. The number of ketones is 1. The minimum atomic E-state index is -0.0792. The number of benzene rings is 1. The van der Waals surface area contributed by atoms with Crippen LogP contribution in [0.15, 0.2) is 36.5 Å². The van der Waals surface area contributed by atoms with Gasteiger partial charge in [-0.05, 0) is 43.7 Å². The van der Waals surface area contributed by atoms with Gasteiger partial charge in [0.2, 0.25) is 0 Å². The third-order valence-electron chi connectivity index (χ3n) is 2.74. The normalized spacial score (nSPS) is 10.7. The molecule has 3 nitrogen and oxygen atoms in total. The summed E-state index contributed by atoms with van der Waals surface area (Å²) in [7, 11) is 0. The van der Waals surface area contributed by atoms with Gasteiger partial charge in [0.15, 0.2) is 5.78 Å². The van der Waals surface area contributed by atoms with Crippen molar-refractivity contribution < 1.29 is 9.53 Å². The fourth-order valence-corrected chi connectivity index (χ4v) is 2.13. The van der Waals surface area contributed by atoms with E-state index in [0.717, 1.165) is 5.56 Å². The first-order valence-electron chi connectivity index (χ1n) is 6.55. The lowest BCUT2D eigenvalue weighted by Crippen LogP contribution is -2.08. The van der Waals surface area contributed by atoms with Crippen molar-refractivity contribution in [3.63, 3.8) is 0 Å². The average molecular weight is 324 g/mol. The quantitative estimate of drug-likeness (QED) is 0.755. The molecule has 0 aliphatic heterocycles. The van der Waals surface area contributed by atoms with Gasteiger partial charge in [-0.3, -0.25) is 4.79 Å². The predicted octanol–water partition coefficient (Wildman–Crippen LogP) is 4.60. The molecule has 5 heteroatoms. The Kier molecular flexibility index (Phi) is 5.21. The predicted molar refractivity (Wildman–Crippen MR) is 84.5 cm³/mol. The zero-order chi connectivity index (χ0) is 15.4. The van der Waals surface area contributed by atoms with E-state index in [9.17, 15) is 4.79 Å². The molecule has 2 rings (SSSR count). The highest BCUT2D eigenvalue weighted by molar-refractivity contribution is 6.42. The van der Waals surface area contributed by atoms with Crippen molar-refractivity contribution in [3.8, 4) is 5.75 Å². The Morgan fingerprint density at radius 1 is 1.19 bits per heavy atom. The largest absolute Gasteiger partial charge is 0.489 e. The number of rotatable bonds is 5. The van der Waals surface area contributed by atoms with Crippen LogP contribution in [0, 0.1) is 0 Å². The van der Waals surface area contributed by atoms with Gasteiger partial charge in [-0.1, -0.05) is 29.3 Å². The summed E-state index contributed by atoms with van der Waals surface area (Å²) in [5, 5.41) is 0.914. The van der Waals surface area contributed by atoms with Crippen LogP contribution in [0.25, 0.3) is 0 Å². The zero-order valence-corrected chi connectivity index (χ0v) is 13.3. The summed E-state index contributed by atoms with van der Waals surface area (Å²) in [6, 6.07) is 8.56. The third-order valence-corrected chi connectivity index (χ3v) is 3.48. The Labute approximate surface area is 133 Å². The van der Waals surface area contributed by atoms with Gasteiger partial charge in [0.05, 0.1) is 22.3 Å². The number of aromatic nitrogens is 1. The van der Waals surface area contributed by atoms with Crippen molar-refractivity contribution >= 4 is 29.0 Å². The second-order valence-corrected chi connectivity index (χ2v) is 5.71. The van der Waals surface area contributed by atoms with Crippen molar-refractivity contribution in [1.29, 1.82) is 0 Å². The van der Waals surface area contributed by atoms with Crippen LogP contribution >= 0.6 is 23.2 Å². The molecule has 2 aromatic rings. The van der Waals surface area contributed by atoms with E-state index >= 15 is 0 Å². The maximum atomic E-state index is 12.2. The molecule has 0 amide bonds. The summed E-state index contributed by atoms with van der Waals surface area (Å²) < 4.78 is 5.49. The van der Waals surface area contributed by atoms with Gasteiger partial charge in [0.25, 0.3) is 0 Å². The molecule has 0 radical (unpaired) electrons. The Morgan fingerprint density at radius 2 is 1.95 bits per heavy atom. The Morgan fingerprint density at radius 3 is 2.52 bits per heavy atom. The van der Waals surface area contributed by atoms with Crippen LogP contribution in [-0.4, -0.2) is 16.9 Å². The lowest BCUT2D eigenvalue weighted by molar-refractivity contribution is 0.0988. The van der Waals surface area contributed by atoms with Crippen LogP contribution < -0.4 is 4.74 Å². The van der Waals surface area contributed by atoms with Crippen molar-refractivity contribution in [2.45, 2.75) is 26.4 Å². The van der Waals surface area contributed by atoms with Crippen LogP contribution in [0.2, 0.25) is 10.0 Å². The summed E-state index contributed by atoms with van der Waals surface area (Å²) in [5.41, 5.74) is 1.20. The molecule has 0 aliphatic rings. The van der Waals surface area contributed by atoms with E-state index in [1.165, 1.54) is 0 Å². The standard InChI is InChI=1S/C16H15Cl2NO2/c1-10(2)21-12-4-6-15(19-9-12)16(20)8-11-3-5-13(17)14(18)7-11/h3-7,9-10H,8H2,1-2H3. The number of carbonyl (C=O) groups excluding carboxylic acids is 1. The molecule has 0 spiro atoms. The van der Waals surface area contributed by atoms with E-state index in [4.69, 9.17) is 27.9 Å². The second kappa shape index (κ2) is 6.92. The van der Waals surface area contributed by atoms with E-state index in [-0.39, 0.29) is 18.3 Å². The molecule has 0 saturated carbocycles. The smallest absolute Gasteiger partial charge is 0.185 e. The minimum absolute atomic E-state index is 0.0737. The first kappa shape index (κ1) is 15.8. The Bertz CT molecular complexity index is 639. The minimum Gasteiger partial charge on any atom is -0.489 e. The summed E-state index contributed by atoms with van der Waals surface area (Å²) in [5.74, 6) is 0.570. The van der Waals surface area contributed by atoms with Crippen molar-refractivity contribution in [2.75, 3.05) is 0 Å². The summed E-state index contributed by atoms with van der Waals surface area (Å²) in [4.78, 5) is 16.3. The number of ether oxygens (including phenoxy) is 1. The summed E-state index contributed by atoms with van der Waals surface area (Å²) in [6.45, 7) is 3.87. The molecule has 21 heavy (non-hydrogen) atoms. The number of carbonyl (C=O) groups is 1. The van der Waals surface area contributed by atoms with Crippen LogP contribution in [-0.2, 0) is 6.42 Å². The van der Waals surface area contributed by atoms with E-state index < -0.39 is 0 Å². The molecule has 0 bridgehead atoms. The van der Waals surface area contributed by atoms with E-state index in [0.29, 0.717) is 21.5 Å². The Hall–Kier alpha value is -1.58. The van der Waals surface area contributed by atoms with E-state index in [1.807, 2.05) is 13.8 Å². The van der Waals surface area contributed by atoms with Crippen LogP contribution in [0.1, 0.15) is 29.9 Å². The lowest BCUT2D eigenvalue weighted by atomic mass is 10.1. The molecule has 110 valence electrons. The zero-order valence-electron chi connectivity index (χ0n) is 11.8. The summed E-state index contributed by atoms with van der Waals surface area (Å²) >= 11 is 11.8. The first-order valence-corrected chi connectivity index (χ1v) is 7.31. The molecule has 1 heterocycles. The SMILES string of the molecule is CC(C)Oc1ccc(C(=O)Cc2ccc(Cl)c(Cl)c2)nc1. The van der Waals surface area contributed by atoms with Gasteiger partial charge in [-0.25, -0.2) is 4.98 Å². The maximum Gasteiger partial charge on any atom is 0.185 e. The highest BCUT2D eigenvalue weighted by atomic mass is 35.5. The van der Waals surface area contributed by atoms with Crippen LogP contribution in [0.5, 0.6) is 5.75 Å². The lowest BCUT2D eigenvalue weighted by Gasteiger charge is -2.09. The first-order chi connectivity index (χ1) is 9.95. The van der Waals surface area contributed by atoms with Crippen molar-refractivity contribution in [3.05, 3.63) is 57.8 Å². The van der Waals surface area contributed by atoms with Gasteiger partial charge >= 0.3 is 0 Å². The fourth-order valence-electron chi connectivity index (χ4n) is 1.81. The van der Waals surface area contributed by atoms with E-state index in [1.54, 1.807) is 36.5 Å². The highest BCUT2D eigenvalue weighted by Crippen LogP contribution is 2.23. The molecule has 0 aliphatic carbocycles. The third kappa shape index (κ3) is 4.45. The number of halogens is 2. The molecule has 0 unspecified atom stereocenters. The number of hydrogen-bond acceptors (Lipinski definition) is 3. The molecule has 0 saturated heterocycles.